The summed E-state index contributed by atoms with van der Waals surface area (Å²) in [5.74, 6) is 1.55. The minimum absolute atomic E-state index is 0.00385. The van der Waals surface area contributed by atoms with Gasteiger partial charge in [-0.25, -0.2) is 9.97 Å². The lowest BCUT2D eigenvalue weighted by Crippen LogP contribution is -2.43. The standard InChI is InChI=1S/C23H32N6O/c1-28(2)23-25-14-17(15-26-23)16-29-12-9-18(10-13-29)21(20-8-3-4-11-24-20)27-22(30)19-6-5-7-19/h3-4,8,11,14-15,18-19,21H,5-7,9-10,12-13,16H2,1-2H3,(H,27,30)/t21-/m0/s1. The summed E-state index contributed by atoms with van der Waals surface area (Å²) in [5.41, 5.74) is 2.12. The minimum atomic E-state index is 0.00385. The average Bonchev–Trinajstić information content (AvgIpc) is 2.72. The van der Waals surface area contributed by atoms with Crippen molar-refractivity contribution in [1.82, 2.24) is 25.2 Å². The van der Waals surface area contributed by atoms with Crippen LogP contribution in [-0.4, -0.2) is 52.9 Å². The van der Waals surface area contributed by atoms with Crippen LogP contribution in [0.4, 0.5) is 5.95 Å². The van der Waals surface area contributed by atoms with Crippen LogP contribution in [0.25, 0.3) is 0 Å². The number of pyridine rings is 1. The van der Waals surface area contributed by atoms with Gasteiger partial charge in [-0.05, 0) is 56.8 Å². The zero-order chi connectivity index (χ0) is 20.9. The molecular weight excluding hydrogens is 376 g/mol. The number of nitrogens with one attached hydrogen (secondary N) is 1. The van der Waals surface area contributed by atoms with Crippen LogP contribution in [0.3, 0.4) is 0 Å². The molecule has 3 heterocycles. The lowest BCUT2D eigenvalue weighted by atomic mass is 9.83. The molecule has 2 aromatic rings. The van der Waals surface area contributed by atoms with E-state index in [2.05, 4.69) is 25.2 Å². The van der Waals surface area contributed by atoms with Gasteiger partial charge >= 0.3 is 0 Å². The quantitative estimate of drug-likeness (QED) is 0.759. The van der Waals surface area contributed by atoms with Crippen LogP contribution in [0.5, 0.6) is 0 Å². The summed E-state index contributed by atoms with van der Waals surface area (Å²) in [5, 5.41) is 3.34. The third-order valence-corrected chi connectivity index (χ3v) is 6.38. The first-order valence-corrected chi connectivity index (χ1v) is 11.0. The topological polar surface area (TPSA) is 74.2 Å². The first-order valence-electron chi connectivity index (χ1n) is 11.0. The van der Waals surface area contributed by atoms with E-state index in [1.807, 2.05) is 55.8 Å². The number of likely N-dealkylation sites (tertiary alicyclic amines) is 1. The number of hydrogen-bond donors (Lipinski definition) is 1. The Morgan fingerprint density at radius 3 is 2.43 bits per heavy atom. The van der Waals surface area contributed by atoms with Gasteiger partial charge in [0.05, 0.1) is 11.7 Å². The van der Waals surface area contributed by atoms with Crippen molar-refractivity contribution in [2.75, 3.05) is 32.1 Å². The van der Waals surface area contributed by atoms with Gasteiger partial charge in [0.2, 0.25) is 11.9 Å². The van der Waals surface area contributed by atoms with E-state index in [0.717, 1.165) is 62.5 Å². The van der Waals surface area contributed by atoms with Gasteiger partial charge in [0.25, 0.3) is 0 Å². The lowest BCUT2D eigenvalue weighted by Gasteiger charge is -2.37. The van der Waals surface area contributed by atoms with Crippen LogP contribution < -0.4 is 10.2 Å². The first-order chi connectivity index (χ1) is 14.6. The van der Waals surface area contributed by atoms with Crippen molar-refractivity contribution >= 4 is 11.9 Å². The third-order valence-electron chi connectivity index (χ3n) is 6.38. The number of piperidine rings is 1. The molecule has 0 bridgehead atoms. The number of nitrogens with zero attached hydrogens (tertiary/aromatic N) is 5. The molecule has 30 heavy (non-hydrogen) atoms. The second-order valence-electron chi connectivity index (χ2n) is 8.77. The molecule has 2 fully saturated rings. The van der Waals surface area contributed by atoms with Crippen LogP contribution in [-0.2, 0) is 11.3 Å². The molecule has 160 valence electrons. The Labute approximate surface area is 178 Å². The molecule has 0 spiro atoms. The Kier molecular flexibility index (Phi) is 6.57. The van der Waals surface area contributed by atoms with Crippen LogP contribution >= 0.6 is 0 Å². The molecule has 0 unspecified atom stereocenters. The lowest BCUT2D eigenvalue weighted by molar-refractivity contribution is -0.128. The molecule has 1 aliphatic carbocycles. The normalized spacial score (nSPS) is 19.1. The SMILES string of the molecule is CN(C)c1ncc(CN2CCC([C@H](NC(=O)C3CCC3)c3ccccn3)CC2)cn1. The summed E-state index contributed by atoms with van der Waals surface area (Å²) in [7, 11) is 3.89. The Hall–Kier alpha value is -2.54. The van der Waals surface area contributed by atoms with E-state index in [1.54, 1.807) is 0 Å². The molecule has 1 saturated heterocycles. The molecule has 2 aliphatic rings. The van der Waals surface area contributed by atoms with Gasteiger partial charge in [-0.15, -0.1) is 0 Å². The number of carbonyl (C=O) groups is 1. The third kappa shape index (κ3) is 4.95. The highest BCUT2D eigenvalue weighted by Gasteiger charge is 2.33. The maximum absolute atomic E-state index is 12.7. The van der Waals surface area contributed by atoms with Crippen LogP contribution in [0.15, 0.2) is 36.8 Å². The predicted octanol–water partition coefficient (Wildman–Crippen LogP) is 2.81. The second kappa shape index (κ2) is 9.51. The van der Waals surface area contributed by atoms with Gasteiger partial charge < -0.3 is 10.2 Å². The summed E-state index contributed by atoms with van der Waals surface area (Å²) in [6, 6.07) is 5.99. The van der Waals surface area contributed by atoms with Crippen LogP contribution in [0, 0.1) is 11.8 Å². The Morgan fingerprint density at radius 2 is 1.87 bits per heavy atom. The summed E-state index contributed by atoms with van der Waals surface area (Å²) < 4.78 is 0. The molecule has 1 N–H and O–H groups in total. The number of amides is 1. The van der Waals surface area contributed by atoms with Crippen molar-refractivity contribution in [2.24, 2.45) is 11.8 Å². The van der Waals surface area contributed by atoms with Crippen molar-refractivity contribution in [3.63, 3.8) is 0 Å². The van der Waals surface area contributed by atoms with Crippen molar-refractivity contribution in [2.45, 2.75) is 44.7 Å². The number of rotatable bonds is 7. The van der Waals surface area contributed by atoms with E-state index in [1.165, 1.54) is 6.42 Å². The molecule has 2 aromatic heterocycles. The number of aromatic nitrogens is 3. The maximum atomic E-state index is 12.7. The zero-order valence-corrected chi connectivity index (χ0v) is 18.0. The molecule has 1 amide bonds. The van der Waals surface area contributed by atoms with E-state index in [9.17, 15) is 4.79 Å². The first kappa shape index (κ1) is 20.7. The van der Waals surface area contributed by atoms with Crippen LogP contribution in [0.2, 0.25) is 0 Å². The predicted molar refractivity (Wildman–Crippen MR) is 117 cm³/mol. The fourth-order valence-electron chi connectivity index (χ4n) is 4.30. The average molecular weight is 409 g/mol. The van der Waals surface area contributed by atoms with Gasteiger partial charge in [-0.1, -0.05) is 12.5 Å². The number of hydrogen-bond acceptors (Lipinski definition) is 6. The maximum Gasteiger partial charge on any atom is 0.224 e. The van der Waals surface area contributed by atoms with E-state index in [-0.39, 0.29) is 17.9 Å². The zero-order valence-electron chi connectivity index (χ0n) is 18.0. The number of anilines is 1. The van der Waals surface area contributed by atoms with E-state index >= 15 is 0 Å². The second-order valence-corrected chi connectivity index (χ2v) is 8.77. The molecule has 1 aliphatic heterocycles. The van der Waals surface area contributed by atoms with Crippen molar-refractivity contribution in [3.8, 4) is 0 Å². The molecule has 4 rings (SSSR count). The Balaban J connectivity index is 1.36. The largest absolute Gasteiger partial charge is 0.347 e. The van der Waals surface area contributed by atoms with Crippen molar-refractivity contribution < 1.29 is 4.79 Å². The van der Waals surface area contributed by atoms with Gasteiger partial charge in [-0.3, -0.25) is 14.7 Å². The molecular formula is C23H32N6O. The molecule has 1 saturated carbocycles. The van der Waals surface area contributed by atoms with E-state index in [4.69, 9.17) is 0 Å². The number of carbonyl (C=O) groups excluding carboxylic acids is 1. The molecule has 1 atom stereocenters. The van der Waals surface area contributed by atoms with Gasteiger partial charge in [0.15, 0.2) is 0 Å². The minimum Gasteiger partial charge on any atom is -0.347 e. The van der Waals surface area contributed by atoms with E-state index < -0.39 is 0 Å². The fourth-order valence-corrected chi connectivity index (χ4v) is 4.30. The molecule has 7 nitrogen and oxygen atoms in total. The monoisotopic (exact) mass is 408 g/mol. The molecule has 7 heteroatoms. The van der Waals surface area contributed by atoms with Crippen LogP contribution in [0.1, 0.15) is 49.4 Å². The van der Waals surface area contributed by atoms with E-state index in [0.29, 0.717) is 5.92 Å². The van der Waals surface area contributed by atoms with Crippen molar-refractivity contribution in [1.29, 1.82) is 0 Å². The fraction of sp³-hybridized carbons (Fsp3) is 0.565. The molecule has 0 aromatic carbocycles. The molecule has 0 radical (unpaired) electrons. The van der Waals surface area contributed by atoms with Crippen molar-refractivity contribution in [3.05, 3.63) is 48.0 Å². The highest BCUT2D eigenvalue weighted by Crippen LogP contribution is 2.33. The summed E-state index contributed by atoms with van der Waals surface area (Å²) in [6.07, 6.45) is 11.0. The Morgan fingerprint density at radius 1 is 1.13 bits per heavy atom. The highest BCUT2D eigenvalue weighted by molar-refractivity contribution is 5.79. The summed E-state index contributed by atoms with van der Waals surface area (Å²) >= 11 is 0. The smallest absolute Gasteiger partial charge is 0.224 e. The summed E-state index contributed by atoms with van der Waals surface area (Å²) in [6.45, 7) is 2.87. The van der Waals surface area contributed by atoms with Gasteiger partial charge in [-0.2, -0.15) is 0 Å². The van der Waals surface area contributed by atoms with Gasteiger partial charge in [0, 0.05) is 50.7 Å². The summed E-state index contributed by atoms with van der Waals surface area (Å²) in [4.78, 5) is 30.4. The Bertz CT molecular complexity index is 813. The highest BCUT2D eigenvalue weighted by atomic mass is 16.2. The van der Waals surface area contributed by atoms with Gasteiger partial charge in [0.1, 0.15) is 0 Å².